The van der Waals surface area contributed by atoms with Crippen molar-refractivity contribution in [1.29, 1.82) is 0 Å². The lowest BCUT2D eigenvalue weighted by atomic mass is 10.1. The third-order valence-corrected chi connectivity index (χ3v) is 2.86. The highest BCUT2D eigenvalue weighted by Crippen LogP contribution is 2.16. The van der Waals surface area contributed by atoms with Crippen molar-refractivity contribution in [3.05, 3.63) is 34.9 Å². The van der Waals surface area contributed by atoms with Crippen LogP contribution < -0.4 is 10.6 Å². The smallest absolute Gasteiger partial charge is 0.265 e. The Morgan fingerprint density at radius 2 is 2.11 bits per heavy atom. The van der Waals surface area contributed by atoms with E-state index < -0.39 is 25.0 Å². The van der Waals surface area contributed by atoms with Crippen molar-refractivity contribution in [2.75, 3.05) is 6.54 Å². The van der Waals surface area contributed by atoms with Crippen molar-refractivity contribution in [2.24, 2.45) is 0 Å². The maximum absolute atomic E-state index is 12.1. The molecule has 6 heteroatoms. The highest BCUT2D eigenvalue weighted by atomic mass is 19.3. The van der Waals surface area contributed by atoms with E-state index in [1.165, 1.54) is 0 Å². The number of carbonyl (C=O) groups is 1. The Labute approximate surface area is 103 Å². The predicted molar refractivity (Wildman–Crippen MR) is 61.3 cm³/mol. The fourth-order valence-electron chi connectivity index (χ4n) is 1.82. The first-order valence-electron chi connectivity index (χ1n) is 5.65. The molecule has 18 heavy (non-hydrogen) atoms. The molecule has 1 aromatic rings. The van der Waals surface area contributed by atoms with Crippen LogP contribution in [0.25, 0.3) is 0 Å². The maximum atomic E-state index is 12.1. The molecule has 0 saturated carbocycles. The summed E-state index contributed by atoms with van der Waals surface area (Å²) >= 11 is 0. The van der Waals surface area contributed by atoms with Crippen LogP contribution in [0, 0.1) is 0 Å². The summed E-state index contributed by atoms with van der Waals surface area (Å²) in [5.74, 6) is -0.454. The zero-order valence-electron chi connectivity index (χ0n) is 9.62. The van der Waals surface area contributed by atoms with Gasteiger partial charge >= 0.3 is 0 Å². The monoisotopic (exact) mass is 256 g/mol. The van der Waals surface area contributed by atoms with Crippen molar-refractivity contribution in [1.82, 2.24) is 10.6 Å². The summed E-state index contributed by atoms with van der Waals surface area (Å²) < 4.78 is 24.1. The Balaban J connectivity index is 1.97. The van der Waals surface area contributed by atoms with Gasteiger partial charge in [-0.15, -0.1) is 0 Å². The normalized spacial score (nSPS) is 15.6. The lowest BCUT2D eigenvalue weighted by molar-refractivity contribution is -0.00270. The topological polar surface area (TPSA) is 61.4 Å². The largest absolute Gasteiger partial charge is 0.385 e. The van der Waals surface area contributed by atoms with Gasteiger partial charge in [-0.2, -0.15) is 0 Å². The van der Waals surface area contributed by atoms with Crippen LogP contribution in [0.3, 0.4) is 0 Å². The Bertz CT molecular complexity index is 452. The van der Waals surface area contributed by atoms with E-state index in [-0.39, 0.29) is 0 Å². The van der Waals surface area contributed by atoms with Crippen molar-refractivity contribution in [3.8, 4) is 0 Å². The minimum Gasteiger partial charge on any atom is -0.385 e. The van der Waals surface area contributed by atoms with Gasteiger partial charge in [0.2, 0.25) is 0 Å². The second kappa shape index (κ2) is 5.41. The number of amides is 1. The Hall–Kier alpha value is -1.53. The zero-order chi connectivity index (χ0) is 13.1. The molecule has 4 nitrogen and oxygen atoms in total. The molecule has 98 valence electrons. The zero-order valence-corrected chi connectivity index (χ0v) is 9.62. The fraction of sp³-hybridized carbons (Fsp3) is 0.417. The van der Waals surface area contributed by atoms with Gasteiger partial charge in [-0.25, -0.2) is 8.78 Å². The van der Waals surface area contributed by atoms with E-state index in [0.29, 0.717) is 12.1 Å². The van der Waals surface area contributed by atoms with Crippen molar-refractivity contribution in [3.63, 3.8) is 0 Å². The number of fused-ring (bicyclic) bond motifs is 1. The summed E-state index contributed by atoms with van der Waals surface area (Å²) in [7, 11) is 0. The second-order valence-electron chi connectivity index (χ2n) is 4.20. The third kappa shape index (κ3) is 2.83. The number of alkyl halides is 2. The number of carbonyl (C=O) groups excluding carboxylic acids is 1. The van der Waals surface area contributed by atoms with Gasteiger partial charge < -0.3 is 15.7 Å². The summed E-state index contributed by atoms with van der Waals surface area (Å²) in [5, 5.41) is 14.3. The summed E-state index contributed by atoms with van der Waals surface area (Å²) in [5.41, 5.74) is 2.59. The first-order chi connectivity index (χ1) is 8.58. The molecule has 0 aromatic heterocycles. The van der Waals surface area contributed by atoms with Gasteiger partial charge in [-0.3, -0.25) is 4.79 Å². The van der Waals surface area contributed by atoms with E-state index in [2.05, 4.69) is 10.6 Å². The van der Waals surface area contributed by atoms with Crippen LogP contribution in [0.4, 0.5) is 8.78 Å². The van der Waals surface area contributed by atoms with Crippen LogP contribution in [0.15, 0.2) is 18.2 Å². The molecular weight excluding hydrogens is 242 g/mol. The van der Waals surface area contributed by atoms with E-state index in [4.69, 9.17) is 5.11 Å². The highest BCUT2D eigenvalue weighted by Gasteiger charge is 2.18. The van der Waals surface area contributed by atoms with E-state index in [9.17, 15) is 13.6 Å². The molecule has 1 atom stereocenters. The molecular formula is C12H14F2N2O2. The Kier molecular flexibility index (Phi) is 3.88. The lowest BCUT2D eigenvalue weighted by Gasteiger charge is -2.11. The number of benzene rings is 1. The summed E-state index contributed by atoms with van der Waals surface area (Å²) in [6.07, 6.45) is -4.68. The van der Waals surface area contributed by atoms with Crippen molar-refractivity contribution >= 4 is 5.91 Å². The summed E-state index contributed by atoms with van der Waals surface area (Å²) in [4.78, 5) is 11.7. The van der Waals surface area contributed by atoms with E-state index >= 15 is 0 Å². The molecule has 0 saturated heterocycles. The lowest BCUT2D eigenvalue weighted by Crippen LogP contribution is -2.35. The number of halogens is 2. The quantitative estimate of drug-likeness (QED) is 0.741. The van der Waals surface area contributed by atoms with E-state index in [1.807, 2.05) is 6.07 Å². The summed E-state index contributed by atoms with van der Waals surface area (Å²) in [6.45, 7) is 1.03. The Morgan fingerprint density at radius 1 is 1.39 bits per heavy atom. The molecule has 0 bridgehead atoms. The highest BCUT2D eigenvalue weighted by molar-refractivity contribution is 5.94. The summed E-state index contributed by atoms with van der Waals surface area (Å²) in [6, 6.07) is 5.23. The van der Waals surface area contributed by atoms with Gasteiger partial charge in [0.25, 0.3) is 12.3 Å². The number of nitrogens with one attached hydrogen (secondary N) is 2. The molecule has 0 fully saturated rings. The van der Waals surface area contributed by atoms with Crippen LogP contribution in [-0.4, -0.2) is 30.1 Å². The molecule has 0 aliphatic carbocycles. The minimum atomic E-state index is -2.85. The Morgan fingerprint density at radius 3 is 2.83 bits per heavy atom. The van der Waals surface area contributed by atoms with Crippen molar-refractivity contribution in [2.45, 2.75) is 25.6 Å². The number of aliphatic hydroxyl groups excluding tert-OH is 1. The average Bonchev–Trinajstić information content (AvgIpc) is 2.82. The molecule has 3 N–H and O–H groups in total. The molecule has 1 amide bonds. The fourth-order valence-corrected chi connectivity index (χ4v) is 1.82. The van der Waals surface area contributed by atoms with Crippen LogP contribution in [0.2, 0.25) is 0 Å². The van der Waals surface area contributed by atoms with Crippen LogP contribution in [-0.2, 0) is 13.1 Å². The van der Waals surface area contributed by atoms with Gasteiger partial charge in [0, 0.05) is 25.2 Å². The third-order valence-electron chi connectivity index (χ3n) is 2.86. The molecule has 1 aromatic carbocycles. The van der Waals surface area contributed by atoms with Crippen LogP contribution in [0.5, 0.6) is 0 Å². The maximum Gasteiger partial charge on any atom is 0.265 e. The standard InChI is InChI=1S/C12H14F2N2O2/c13-11(14)10(17)6-16-12(18)7-1-2-8-4-15-5-9(8)3-7/h1-3,10-11,15,17H,4-6H2,(H,16,18). The van der Waals surface area contributed by atoms with Gasteiger partial charge in [0.15, 0.2) is 0 Å². The molecule has 2 rings (SSSR count). The number of rotatable bonds is 4. The number of hydrogen-bond donors (Lipinski definition) is 3. The van der Waals surface area contributed by atoms with Gasteiger partial charge in [0.1, 0.15) is 6.10 Å². The van der Waals surface area contributed by atoms with Crippen LogP contribution in [0.1, 0.15) is 21.5 Å². The molecule has 1 heterocycles. The molecule has 1 aliphatic rings. The van der Waals surface area contributed by atoms with Gasteiger partial charge in [-0.1, -0.05) is 6.07 Å². The molecule has 1 aliphatic heterocycles. The van der Waals surface area contributed by atoms with Gasteiger partial charge in [0.05, 0.1) is 0 Å². The van der Waals surface area contributed by atoms with E-state index in [1.54, 1.807) is 12.1 Å². The first kappa shape index (κ1) is 12.9. The average molecular weight is 256 g/mol. The SMILES string of the molecule is O=C(NCC(O)C(F)F)c1ccc2c(c1)CNC2. The molecule has 0 spiro atoms. The number of aliphatic hydroxyl groups is 1. The van der Waals surface area contributed by atoms with Gasteiger partial charge in [-0.05, 0) is 23.3 Å². The molecule has 1 unspecified atom stereocenters. The predicted octanol–water partition coefficient (Wildman–Crippen LogP) is 0.646. The second-order valence-corrected chi connectivity index (χ2v) is 4.20. The minimum absolute atomic E-state index is 0.416. The molecule has 0 radical (unpaired) electrons. The first-order valence-corrected chi connectivity index (χ1v) is 5.65. The van der Waals surface area contributed by atoms with E-state index in [0.717, 1.165) is 17.7 Å². The van der Waals surface area contributed by atoms with Crippen LogP contribution >= 0.6 is 0 Å². The van der Waals surface area contributed by atoms with Crippen molar-refractivity contribution < 1.29 is 18.7 Å². The number of hydrogen-bond acceptors (Lipinski definition) is 3.